The summed E-state index contributed by atoms with van der Waals surface area (Å²) in [5, 5.41) is 11.6. The maximum atomic E-state index is 13.7. The van der Waals surface area contributed by atoms with Crippen LogP contribution in [0.1, 0.15) is 90.2 Å². The van der Waals surface area contributed by atoms with Gasteiger partial charge in [-0.2, -0.15) is 0 Å². The molecule has 6 nitrogen and oxygen atoms in total. The van der Waals surface area contributed by atoms with Crippen molar-refractivity contribution in [3.63, 3.8) is 0 Å². The minimum Gasteiger partial charge on any atom is -0.365 e. The summed E-state index contributed by atoms with van der Waals surface area (Å²) in [6.45, 7) is 4.96. The number of aromatic nitrogens is 3. The second-order valence-electron chi connectivity index (χ2n) is 10.3. The lowest BCUT2D eigenvalue weighted by Crippen LogP contribution is -2.30. The molecule has 0 aliphatic heterocycles. The van der Waals surface area contributed by atoms with E-state index in [1.54, 1.807) is 13.8 Å². The van der Waals surface area contributed by atoms with Crippen LogP contribution in [0.15, 0.2) is 22.4 Å². The van der Waals surface area contributed by atoms with Crippen LogP contribution in [0.4, 0.5) is 5.82 Å². The fourth-order valence-corrected chi connectivity index (χ4v) is 5.67. The zero-order valence-corrected chi connectivity index (χ0v) is 20.8. The Labute approximate surface area is 204 Å². The van der Waals surface area contributed by atoms with E-state index in [0.717, 1.165) is 19.4 Å². The Hall–Kier alpha value is -2.44. The Bertz CT molecular complexity index is 1100. The van der Waals surface area contributed by atoms with Gasteiger partial charge in [-0.1, -0.05) is 51.9 Å². The zero-order valence-electron chi connectivity index (χ0n) is 20.8. The molecule has 0 bridgehead atoms. The average molecular weight is 459 g/mol. The van der Waals surface area contributed by atoms with E-state index in [9.17, 15) is 4.79 Å². The standard InChI is InChI=1S/C27H38BN5O/c1-18(28)24(19(2)29)22-14-15-23-26(32-22)33(17-21-12-8-5-9-13-21)27(34)25(31-23)30-16-20-10-6-3-4-7-11-20/h14-15,20-21,29H,3-13,16-17H2,1-2H3,(H,30,31)/b24-18+,29-19?. The van der Waals surface area contributed by atoms with E-state index in [-0.39, 0.29) is 5.56 Å². The molecular weight excluding hydrogens is 421 g/mol. The predicted octanol–water partition coefficient (Wildman–Crippen LogP) is 5.69. The summed E-state index contributed by atoms with van der Waals surface area (Å²) in [5.74, 6) is 1.52. The Balaban J connectivity index is 1.73. The van der Waals surface area contributed by atoms with Crippen molar-refractivity contribution < 1.29 is 0 Å². The Morgan fingerprint density at radius 3 is 2.24 bits per heavy atom. The van der Waals surface area contributed by atoms with Gasteiger partial charge in [0, 0.05) is 24.4 Å². The van der Waals surface area contributed by atoms with Crippen LogP contribution < -0.4 is 10.9 Å². The molecule has 2 fully saturated rings. The van der Waals surface area contributed by atoms with Gasteiger partial charge in [0.15, 0.2) is 11.5 Å². The molecule has 0 unspecified atom stereocenters. The van der Waals surface area contributed by atoms with Gasteiger partial charge in [0.2, 0.25) is 0 Å². The quantitative estimate of drug-likeness (QED) is 0.316. The van der Waals surface area contributed by atoms with Crippen molar-refractivity contribution in [1.29, 1.82) is 5.41 Å². The van der Waals surface area contributed by atoms with E-state index in [1.165, 1.54) is 57.8 Å². The number of fused-ring (bicyclic) bond motifs is 1. The summed E-state index contributed by atoms with van der Waals surface area (Å²) in [5.41, 5.74) is 3.37. The van der Waals surface area contributed by atoms with Gasteiger partial charge in [-0.15, -0.1) is 5.47 Å². The van der Waals surface area contributed by atoms with Crippen LogP contribution in [-0.4, -0.2) is 34.6 Å². The van der Waals surface area contributed by atoms with Gasteiger partial charge in [-0.05, 0) is 56.6 Å². The first-order valence-electron chi connectivity index (χ1n) is 13.1. The maximum absolute atomic E-state index is 13.7. The molecule has 0 saturated heterocycles. The zero-order chi connectivity index (χ0) is 24.1. The highest BCUT2D eigenvalue weighted by molar-refractivity contribution is 6.34. The van der Waals surface area contributed by atoms with E-state index < -0.39 is 0 Å². The second-order valence-corrected chi connectivity index (χ2v) is 10.3. The number of rotatable bonds is 7. The minimum atomic E-state index is -0.0853. The highest BCUT2D eigenvalue weighted by Gasteiger charge is 2.21. The molecule has 180 valence electrons. The van der Waals surface area contributed by atoms with Crippen molar-refractivity contribution in [3.05, 3.63) is 33.7 Å². The first-order valence-corrected chi connectivity index (χ1v) is 13.1. The van der Waals surface area contributed by atoms with Crippen molar-refractivity contribution in [2.75, 3.05) is 11.9 Å². The Morgan fingerprint density at radius 1 is 1.00 bits per heavy atom. The van der Waals surface area contributed by atoms with Crippen LogP contribution in [0.2, 0.25) is 0 Å². The summed E-state index contributed by atoms with van der Waals surface area (Å²) in [4.78, 5) is 23.2. The van der Waals surface area contributed by atoms with Gasteiger partial charge in [0.1, 0.15) is 13.4 Å². The topological polar surface area (TPSA) is 83.7 Å². The number of hydrogen-bond donors (Lipinski definition) is 2. The highest BCUT2D eigenvalue weighted by Crippen LogP contribution is 2.27. The summed E-state index contributed by atoms with van der Waals surface area (Å²) in [6.07, 6.45) is 13.7. The van der Waals surface area contributed by atoms with Gasteiger partial charge in [0.05, 0.1) is 5.69 Å². The molecule has 0 spiro atoms. The molecule has 2 aromatic rings. The molecule has 0 aromatic carbocycles. The number of nitrogens with zero attached hydrogens (tertiary/aromatic N) is 3. The van der Waals surface area contributed by atoms with E-state index in [0.29, 0.717) is 57.8 Å². The smallest absolute Gasteiger partial charge is 0.294 e. The summed E-state index contributed by atoms with van der Waals surface area (Å²) in [6, 6.07) is 3.78. The van der Waals surface area contributed by atoms with Crippen LogP contribution >= 0.6 is 0 Å². The molecule has 2 aliphatic rings. The molecule has 2 aliphatic carbocycles. The van der Waals surface area contributed by atoms with Gasteiger partial charge in [0.25, 0.3) is 5.56 Å². The second kappa shape index (κ2) is 11.3. The molecule has 7 heteroatoms. The van der Waals surface area contributed by atoms with Crippen LogP contribution in [0.3, 0.4) is 0 Å². The first kappa shape index (κ1) is 24.7. The van der Waals surface area contributed by atoms with E-state index >= 15 is 0 Å². The highest BCUT2D eigenvalue weighted by atomic mass is 16.1. The average Bonchev–Trinajstić information content (AvgIpc) is 3.09. The molecule has 2 heterocycles. The summed E-state index contributed by atoms with van der Waals surface area (Å²) < 4.78 is 1.83. The van der Waals surface area contributed by atoms with Crippen molar-refractivity contribution in [2.45, 2.75) is 91.0 Å². The third kappa shape index (κ3) is 5.79. The summed E-state index contributed by atoms with van der Waals surface area (Å²) in [7, 11) is 6.08. The number of nitrogens with one attached hydrogen (secondary N) is 2. The first-order chi connectivity index (χ1) is 16.4. The maximum Gasteiger partial charge on any atom is 0.294 e. The lowest BCUT2D eigenvalue weighted by Gasteiger charge is -2.24. The van der Waals surface area contributed by atoms with Crippen LogP contribution in [-0.2, 0) is 6.54 Å². The number of allylic oxidation sites excluding steroid dienone is 2. The number of anilines is 1. The Kier molecular flexibility index (Phi) is 8.22. The summed E-state index contributed by atoms with van der Waals surface area (Å²) >= 11 is 0. The van der Waals surface area contributed by atoms with Crippen LogP contribution in [0.5, 0.6) is 0 Å². The molecule has 0 amide bonds. The van der Waals surface area contributed by atoms with Crippen LogP contribution in [0, 0.1) is 17.2 Å². The SMILES string of the molecule is [B]/C(C)=C(\C(C)=N)c1ccc2nc(NCC3CCCCCC3)c(=O)n(CC3CCCCC3)c2n1. The molecule has 34 heavy (non-hydrogen) atoms. The fraction of sp³-hybridized carbons (Fsp3) is 0.630. The number of hydrogen-bond acceptors (Lipinski definition) is 5. The largest absolute Gasteiger partial charge is 0.365 e. The lowest BCUT2D eigenvalue weighted by molar-refractivity contribution is 0.319. The predicted molar refractivity (Wildman–Crippen MR) is 142 cm³/mol. The monoisotopic (exact) mass is 459 g/mol. The van der Waals surface area contributed by atoms with Gasteiger partial charge >= 0.3 is 0 Å². The van der Waals surface area contributed by atoms with E-state index in [2.05, 4.69) is 5.32 Å². The van der Waals surface area contributed by atoms with Crippen molar-refractivity contribution >= 4 is 36.1 Å². The van der Waals surface area contributed by atoms with Gasteiger partial charge in [-0.3, -0.25) is 9.36 Å². The molecule has 0 atom stereocenters. The van der Waals surface area contributed by atoms with Crippen LogP contribution in [0.25, 0.3) is 16.7 Å². The van der Waals surface area contributed by atoms with Gasteiger partial charge in [-0.25, -0.2) is 9.97 Å². The van der Waals surface area contributed by atoms with Crippen molar-refractivity contribution in [1.82, 2.24) is 14.5 Å². The molecule has 2 aromatic heterocycles. The number of pyridine rings is 1. The molecule has 2 N–H and O–H groups in total. The molecule has 4 rings (SSSR count). The van der Waals surface area contributed by atoms with E-state index in [1.807, 2.05) is 16.7 Å². The molecule has 2 radical (unpaired) electrons. The van der Waals surface area contributed by atoms with Crippen molar-refractivity contribution in [2.24, 2.45) is 11.8 Å². The fourth-order valence-electron chi connectivity index (χ4n) is 5.67. The minimum absolute atomic E-state index is 0.0853. The van der Waals surface area contributed by atoms with Crippen molar-refractivity contribution in [3.8, 4) is 0 Å². The Morgan fingerprint density at radius 2 is 1.62 bits per heavy atom. The van der Waals surface area contributed by atoms with Gasteiger partial charge < -0.3 is 10.7 Å². The third-order valence-corrected chi connectivity index (χ3v) is 7.51. The molecular formula is C27H38BN5O. The normalized spacial score (nSPS) is 19.0. The molecule has 2 saturated carbocycles. The lowest BCUT2D eigenvalue weighted by atomic mass is 9.88. The van der Waals surface area contributed by atoms with E-state index in [4.69, 9.17) is 23.2 Å². The third-order valence-electron chi connectivity index (χ3n) is 7.51.